The molecule has 0 radical (unpaired) electrons. The molecule has 4 nitrogen and oxygen atoms in total. The number of nitrogens with one attached hydrogen (secondary N) is 2. The lowest BCUT2D eigenvalue weighted by atomic mass is 10.1. The highest BCUT2D eigenvalue weighted by Crippen LogP contribution is 2.08. The van der Waals surface area contributed by atoms with E-state index in [-0.39, 0.29) is 11.9 Å². The zero-order valence-electron chi connectivity index (χ0n) is 10.3. The first kappa shape index (κ1) is 13.6. The summed E-state index contributed by atoms with van der Waals surface area (Å²) in [6, 6.07) is 0.164. The number of hydrogen-bond donors (Lipinski definition) is 2. The highest BCUT2D eigenvalue weighted by molar-refractivity contribution is 7.86. The van der Waals surface area contributed by atoms with Crippen LogP contribution in [0.4, 0.5) is 0 Å². The first-order valence-corrected chi connectivity index (χ1v) is 7.31. The first-order valence-electron chi connectivity index (χ1n) is 5.92. The maximum atomic E-state index is 11.9. The van der Waals surface area contributed by atoms with Crippen molar-refractivity contribution in [3.63, 3.8) is 0 Å². The minimum Gasteiger partial charge on any atom is -0.353 e. The Balaban J connectivity index is 2.33. The summed E-state index contributed by atoms with van der Waals surface area (Å²) in [5.74, 6) is 1.04. The van der Waals surface area contributed by atoms with E-state index in [2.05, 4.69) is 10.6 Å². The second-order valence-electron chi connectivity index (χ2n) is 4.53. The first-order chi connectivity index (χ1) is 7.54. The van der Waals surface area contributed by atoms with Crippen molar-refractivity contribution in [2.75, 3.05) is 18.8 Å². The Bertz CT molecular complexity index is 248. The number of rotatable bonds is 6. The van der Waals surface area contributed by atoms with Gasteiger partial charge in [0.05, 0.1) is 0 Å². The van der Waals surface area contributed by atoms with E-state index in [1.807, 2.05) is 13.8 Å². The topological polar surface area (TPSA) is 58.2 Å². The highest BCUT2D eigenvalue weighted by Gasteiger charge is 2.26. The molecule has 1 fully saturated rings. The van der Waals surface area contributed by atoms with E-state index in [4.69, 9.17) is 0 Å². The van der Waals surface area contributed by atoms with Gasteiger partial charge in [-0.15, -0.1) is 0 Å². The third-order valence-corrected chi connectivity index (χ3v) is 4.83. The normalized spacial score (nSPS) is 21.9. The molecule has 5 heteroatoms. The van der Waals surface area contributed by atoms with E-state index >= 15 is 0 Å². The third-order valence-electron chi connectivity index (χ3n) is 3.03. The number of amides is 1. The zero-order chi connectivity index (χ0) is 12.1. The van der Waals surface area contributed by atoms with Crippen LogP contribution in [0.5, 0.6) is 0 Å². The summed E-state index contributed by atoms with van der Waals surface area (Å²) in [4.78, 5) is 11.7. The van der Waals surface area contributed by atoms with Crippen molar-refractivity contribution >= 4 is 16.7 Å². The highest BCUT2D eigenvalue weighted by atomic mass is 32.2. The van der Waals surface area contributed by atoms with Crippen LogP contribution in [0.2, 0.25) is 0 Å². The van der Waals surface area contributed by atoms with Crippen molar-refractivity contribution < 1.29 is 9.00 Å². The van der Waals surface area contributed by atoms with Gasteiger partial charge in [-0.2, -0.15) is 0 Å². The number of carbonyl (C=O) groups is 1. The van der Waals surface area contributed by atoms with Gasteiger partial charge in [0.1, 0.15) is 5.25 Å². The van der Waals surface area contributed by atoms with Crippen LogP contribution in [0, 0.1) is 5.92 Å². The molecule has 0 bridgehead atoms. The van der Waals surface area contributed by atoms with Gasteiger partial charge in [0.25, 0.3) is 0 Å². The van der Waals surface area contributed by atoms with E-state index in [1.165, 1.54) is 0 Å². The summed E-state index contributed by atoms with van der Waals surface area (Å²) >= 11 is 0. The van der Waals surface area contributed by atoms with Crippen molar-refractivity contribution in [2.24, 2.45) is 5.92 Å². The van der Waals surface area contributed by atoms with Gasteiger partial charge in [0.15, 0.2) is 0 Å². The van der Waals surface area contributed by atoms with Gasteiger partial charge in [-0.25, -0.2) is 0 Å². The average Bonchev–Trinajstić information content (AvgIpc) is 2.21. The van der Waals surface area contributed by atoms with E-state index in [0.717, 1.165) is 19.5 Å². The van der Waals surface area contributed by atoms with Gasteiger partial charge >= 0.3 is 0 Å². The van der Waals surface area contributed by atoms with Crippen molar-refractivity contribution in [3.8, 4) is 0 Å². The molecule has 1 aliphatic rings. The van der Waals surface area contributed by atoms with Crippen LogP contribution in [-0.4, -0.2) is 40.3 Å². The summed E-state index contributed by atoms with van der Waals surface area (Å²) in [7, 11) is -1.04. The molecule has 0 aromatic carbocycles. The second kappa shape index (κ2) is 6.35. The van der Waals surface area contributed by atoms with Gasteiger partial charge in [0, 0.05) is 35.7 Å². The molecule has 0 aromatic rings. The van der Waals surface area contributed by atoms with E-state index in [9.17, 15) is 9.00 Å². The molecule has 0 aliphatic carbocycles. The molecule has 2 N–H and O–H groups in total. The predicted octanol–water partition coefficient (Wildman–Crippen LogP) is 0.258. The fraction of sp³-hybridized carbons (Fsp3) is 0.909. The van der Waals surface area contributed by atoms with Gasteiger partial charge < -0.3 is 10.6 Å². The smallest absolute Gasteiger partial charge is 0.235 e. The molecule has 1 amide bonds. The van der Waals surface area contributed by atoms with Crippen LogP contribution in [0.25, 0.3) is 0 Å². The fourth-order valence-electron chi connectivity index (χ4n) is 1.42. The van der Waals surface area contributed by atoms with E-state index < -0.39 is 16.0 Å². The number of carbonyl (C=O) groups excluding carboxylic acids is 1. The van der Waals surface area contributed by atoms with E-state index in [1.54, 1.807) is 6.92 Å². The van der Waals surface area contributed by atoms with Crippen molar-refractivity contribution in [1.82, 2.24) is 10.6 Å². The van der Waals surface area contributed by atoms with Crippen LogP contribution >= 0.6 is 0 Å². The largest absolute Gasteiger partial charge is 0.353 e. The molecule has 3 unspecified atom stereocenters. The molecule has 0 saturated carbocycles. The summed E-state index contributed by atoms with van der Waals surface area (Å²) in [6.45, 7) is 7.60. The lowest BCUT2D eigenvalue weighted by Crippen LogP contribution is -2.47. The van der Waals surface area contributed by atoms with Gasteiger partial charge in [-0.3, -0.25) is 9.00 Å². The zero-order valence-corrected chi connectivity index (χ0v) is 11.1. The van der Waals surface area contributed by atoms with Gasteiger partial charge in [-0.05, 0) is 26.2 Å². The maximum Gasteiger partial charge on any atom is 0.235 e. The lowest BCUT2D eigenvalue weighted by molar-refractivity contribution is -0.120. The second-order valence-corrected chi connectivity index (χ2v) is 6.33. The molecular weight excluding hydrogens is 224 g/mol. The molecule has 1 heterocycles. The van der Waals surface area contributed by atoms with Crippen molar-refractivity contribution in [2.45, 2.75) is 38.5 Å². The standard InChI is InChI=1S/C11H22N2O2S/c1-4-8(2)13-11(14)9(3)16(15)7-10-5-12-6-10/h8-10,12H,4-7H2,1-3H3,(H,13,14). The average molecular weight is 246 g/mol. The molecule has 1 aliphatic heterocycles. The van der Waals surface area contributed by atoms with Crippen LogP contribution in [-0.2, 0) is 15.6 Å². The molecule has 1 rings (SSSR count). The molecule has 3 atom stereocenters. The Labute approximate surface area is 100 Å². The Kier molecular flexibility index (Phi) is 5.41. The van der Waals surface area contributed by atoms with Crippen LogP contribution in [0.1, 0.15) is 27.2 Å². The lowest BCUT2D eigenvalue weighted by Gasteiger charge is -2.27. The van der Waals surface area contributed by atoms with Crippen molar-refractivity contribution in [3.05, 3.63) is 0 Å². The molecule has 1 saturated heterocycles. The Morgan fingerprint density at radius 3 is 2.56 bits per heavy atom. The van der Waals surface area contributed by atoms with Crippen LogP contribution in [0.3, 0.4) is 0 Å². The summed E-state index contributed by atoms with van der Waals surface area (Å²) in [5, 5.41) is 5.62. The Hall–Kier alpha value is -0.420. The van der Waals surface area contributed by atoms with Crippen molar-refractivity contribution in [1.29, 1.82) is 0 Å². The Morgan fingerprint density at radius 2 is 2.12 bits per heavy atom. The quantitative estimate of drug-likeness (QED) is 0.707. The SMILES string of the molecule is CCC(C)NC(=O)C(C)S(=O)CC1CNC1. The van der Waals surface area contributed by atoms with Gasteiger partial charge in [-0.1, -0.05) is 6.92 Å². The minimum atomic E-state index is -1.04. The summed E-state index contributed by atoms with van der Waals surface area (Å²) in [5.41, 5.74) is 0. The van der Waals surface area contributed by atoms with E-state index in [0.29, 0.717) is 11.7 Å². The maximum absolute atomic E-state index is 11.9. The van der Waals surface area contributed by atoms with Crippen LogP contribution in [0.15, 0.2) is 0 Å². The monoisotopic (exact) mass is 246 g/mol. The fourth-order valence-corrected chi connectivity index (χ4v) is 2.72. The molecule has 94 valence electrons. The molecule has 16 heavy (non-hydrogen) atoms. The Morgan fingerprint density at radius 1 is 1.50 bits per heavy atom. The van der Waals surface area contributed by atoms with Crippen LogP contribution < -0.4 is 10.6 Å². The summed E-state index contributed by atoms with van der Waals surface area (Å²) in [6.07, 6.45) is 0.900. The number of hydrogen-bond acceptors (Lipinski definition) is 3. The third kappa shape index (κ3) is 3.87. The molecular formula is C11H22N2O2S. The molecule has 0 spiro atoms. The predicted molar refractivity (Wildman–Crippen MR) is 66.7 cm³/mol. The van der Waals surface area contributed by atoms with Gasteiger partial charge in [0.2, 0.25) is 5.91 Å². The summed E-state index contributed by atoms with van der Waals surface area (Å²) < 4.78 is 11.9. The minimum absolute atomic E-state index is 0.0834. The molecule has 0 aromatic heterocycles.